The maximum absolute atomic E-state index is 13.3. The third-order valence-corrected chi connectivity index (χ3v) is 8.67. The number of hydrogen-bond donors (Lipinski definition) is 2. The van der Waals surface area contributed by atoms with E-state index in [0.29, 0.717) is 12.8 Å². The van der Waals surface area contributed by atoms with Crippen molar-refractivity contribution in [1.29, 1.82) is 0 Å². The van der Waals surface area contributed by atoms with Crippen molar-refractivity contribution >= 4 is 50.7 Å². The number of carbonyl (C=O) groups excluding carboxylic acids is 2. The average Bonchev–Trinajstić information content (AvgIpc) is 2.93. The molecule has 0 unspecified atom stereocenters. The summed E-state index contributed by atoms with van der Waals surface area (Å²) in [6.07, 6.45) is 0.612. The van der Waals surface area contributed by atoms with E-state index in [1.807, 2.05) is 0 Å². The number of rotatable bonds is 8. The van der Waals surface area contributed by atoms with Gasteiger partial charge in [0.15, 0.2) is 5.78 Å². The number of aliphatic carboxylic acids is 1. The summed E-state index contributed by atoms with van der Waals surface area (Å²) in [5.41, 5.74) is 1.18. The molecular formula is C28H27ClN2O7S. The molecule has 1 saturated heterocycles. The number of carboxylic acids is 1. The highest BCUT2D eigenvalue weighted by Crippen LogP contribution is 2.32. The van der Waals surface area contributed by atoms with E-state index in [1.54, 1.807) is 42.5 Å². The first-order chi connectivity index (χ1) is 18.6. The minimum absolute atomic E-state index is 0.0225. The number of aliphatic hydroxyl groups is 1. The monoisotopic (exact) mass is 570 g/mol. The Hall–Kier alpha value is -3.57. The number of aryl methyl sites for hydroxylation is 1. The Morgan fingerprint density at radius 1 is 0.949 bits per heavy atom. The number of ketones is 1. The molecule has 0 bridgehead atoms. The number of hydrogen-bond acceptors (Lipinski definition) is 6. The molecule has 0 aromatic heterocycles. The third-order valence-electron chi connectivity index (χ3n) is 6.53. The van der Waals surface area contributed by atoms with Gasteiger partial charge in [0.2, 0.25) is 10.0 Å². The maximum atomic E-state index is 13.3. The third kappa shape index (κ3) is 6.54. The summed E-state index contributed by atoms with van der Waals surface area (Å²) in [5.74, 6) is -3.27. The summed E-state index contributed by atoms with van der Waals surface area (Å²) in [7, 11) is -3.68. The van der Waals surface area contributed by atoms with Gasteiger partial charge < -0.3 is 10.2 Å². The van der Waals surface area contributed by atoms with Crippen molar-refractivity contribution in [2.75, 3.05) is 18.0 Å². The first kappa shape index (κ1) is 28.4. The van der Waals surface area contributed by atoms with Crippen LogP contribution in [0.1, 0.15) is 35.2 Å². The van der Waals surface area contributed by atoms with Crippen LogP contribution in [0.2, 0.25) is 5.02 Å². The molecule has 2 N–H and O–H groups in total. The van der Waals surface area contributed by atoms with Crippen LogP contribution in [-0.4, -0.2) is 59.8 Å². The molecule has 0 saturated carbocycles. The van der Waals surface area contributed by atoms with Gasteiger partial charge in [-0.05, 0) is 67.3 Å². The average molecular weight is 571 g/mol. The molecule has 1 heterocycles. The second kappa shape index (κ2) is 12.1. The van der Waals surface area contributed by atoms with E-state index in [2.05, 4.69) is 0 Å². The predicted molar refractivity (Wildman–Crippen MR) is 146 cm³/mol. The second-order valence-electron chi connectivity index (χ2n) is 9.15. The smallest absolute Gasteiger partial charge is 0.395 e. The summed E-state index contributed by atoms with van der Waals surface area (Å²) in [4.78, 5) is 38.6. The number of para-hydroxylation sites is 1. The Bertz CT molecular complexity index is 1470. The van der Waals surface area contributed by atoms with Gasteiger partial charge in [0.1, 0.15) is 0 Å². The van der Waals surface area contributed by atoms with Crippen LogP contribution in [0.25, 0.3) is 0 Å². The van der Waals surface area contributed by atoms with E-state index in [-0.39, 0.29) is 58.6 Å². The van der Waals surface area contributed by atoms with E-state index in [9.17, 15) is 33.0 Å². The number of aliphatic hydroxyl groups excluding tert-OH is 1. The van der Waals surface area contributed by atoms with Crippen molar-refractivity contribution in [2.45, 2.75) is 36.7 Å². The fraction of sp³-hybridized carbons (Fsp3) is 0.250. The molecule has 204 valence electrons. The van der Waals surface area contributed by atoms with Crippen molar-refractivity contribution in [2.24, 2.45) is 0 Å². The first-order valence-corrected chi connectivity index (χ1v) is 14.1. The summed E-state index contributed by atoms with van der Waals surface area (Å²) < 4.78 is 27.2. The van der Waals surface area contributed by atoms with Crippen molar-refractivity contribution in [3.8, 4) is 0 Å². The number of piperidine rings is 1. The molecule has 1 amide bonds. The zero-order chi connectivity index (χ0) is 28.2. The van der Waals surface area contributed by atoms with Gasteiger partial charge >= 0.3 is 11.9 Å². The first-order valence-electron chi connectivity index (χ1n) is 12.3. The van der Waals surface area contributed by atoms with Crippen molar-refractivity contribution in [3.63, 3.8) is 0 Å². The van der Waals surface area contributed by atoms with Crippen LogP contribution in [0.5, 0.6) is 0 Å². The fourth-order valence-electron chi connectivity index (χ4n) is 4.42. The lowest BCUT2D eigenvalue weighted by Gasteiger charge is -2.28. The molecule has 1 fully saturated rings. The number of carboxylic acid groups (broad SMARTS) is 1. The van der Waals surface area contributed by atoms with Crippen LogP contribution in [0, 0.1) is 0 Å². The lowest BCUT2D eigenvalue weighted by molar-refractivity contribution is -0.148. The van der Waals surface area contributed by atoms with E-state index >= 15 is 0 Å². The number of carbonyl (C=O) groups is 3. The Labute approximate surface area is 231 Å². The van der Waals surface area contributed by atoms with E-state index in [4.69, 9.17) is 11.6 Å². The number of halogens is 1. The molecule has 0 aliphatic carbocycles. The SMILES string of the molecule is O=C(O)C(=O)N(c1ccccc1)c1cc(Cl)ccc1C(=O)CCc1ccc(S(=O)(=O)N2CCC(O)CC2)cc1. The predicted octanol–water partition coefficient (Wildman–Crippen LogP) is 4.05. The van der Waals surface area contributed by atoms with Crippen LogP contribution in [0.3, 0.4) is 0 Å². The molecule has 4 rings (SSSR count). The molecule has 9 nitrogen and oxygen atoms in total. The number of amides is 1. The highest BCUT2D eigenvalue weighted by Gasteiger charge is 2.30. The zero-order valence-corrected chi connectivity index (χ0v) is 22.4. The van der Waals surface area contributed by atoms with E-state index in [0.717, 1.165) is 10.5 Å². The summed E-state index contributed by atoms with van der Waals surface area (Å²) in [6, 6.07) is 18.7. The summed E-state index contributed by atoms with van der Waals surface area (Å²) >= 11 is 6.16. The Morgan fingerprint density at radius 2 is 1.59 bits per heavy atom. The highest BCUT2D eigenvalue weighted by molar-refractivity contribution is 7.89. The molecule has 0 atom stereocenters. The Balaban J connectivity index is 1.53. The van der Waals surface area contributed by atoms with Crippen molar-refractivity contribution < 1.29 is 33.0 Å². The lowest BCUT2D eigenvalue weighted by Crippen LogP contribution is -2.39. The minimum Gasteiger partial charge on any atom is -0.474 e. The van der Waals surface area contributed by atoms with Crippen LogP contribution < -0.4 is 4.90 Å². The Morgan fingerprint density at radius 3 is 2.21 bits per heavy atom. The number of benzene rings is 3. The van der Waals surface area contributed by atoms with Gasteiger partial charge in [-0.1, -0.05) is 41.9 Å². The van der Waals surface area contributed by atoms with Gasteiger partial charge in [-0.2, -0.15) is 4.31 Å². The topological polar surface area (TPSA) is 132 Å². The molecule has 3 aromatic rings. The van der Waals surface area contributed by atoms with Gasteiger partial charge in [0.05, 0.1) is 16.7 Å². The van der Waals surface area contributed by atoms with Crippen LogP contribution in [0.15, 0.2) is 77.7 Å². The van der Waals surface area contributed by atoms with Gasteiger partial charge in [0.25, 0.3) is 0 Å². The number of sulfonamides is 1. The van der Waals surface area contributed by atoms with E-state index < -0.39 is 28.0 Å². The van der Waals surface area contributed by atoms with Gasteiger partial charge in [-0.15, -0.1) is 0 Å². The molecule has 11 heteroatoms. The lowest BCUT2D eigenvalue weighted by atomic mass is 10.0. The highest BCUT2D eigenvalue weighted by atomic mass is 35.5. The number of anilines is 2. The normalized spacial score (nSPS) is 14.6. The molecule has 0 radical (unpaired) electrons. The van der Waals surface area contributed by atoms with Crippen molar-refractivity contribution in [1.82, 2.24) is 4.31 Å². The minimum atomic E-state index is -3.68. The van der Waals surface area contributed by atoms with Gasteiger partial charge in [-0.25, -0.2) is 13.2 Å². The summed E-state index contributed by atoms with van der Waals surface area (Å²) in [5, 5.41) is 19.3. The fourth-order valence-corrected chi connectivity index (χ4v) is 6.05. The van der Waals surface area contributed by atoms with Crippen LogP contribution >= 0.6 is 11.6 Å². The molecule has 3 aromatic carbocycles. The van der Waals surface area contributed by atoms with Gasteiger partial charge in [0, 0.05) is 35.8 Å². The standard InChI is InChI=1S/C28H27ClN2O7S/c29-20-9-12-24(25(18-20)31(27(34)28(35)36)21-4-2-1-3-5-21)26(33)13-8-19-6-10-23(11-7-19)39(37,38)30-16-14-22(32)15-17-30/h1-7,9-12,18,22,32H,8,13-17H2,(H,35,36). The van der Waals surface area contributed by atoms with Gasteiger partial charge in [-0.3, -0.25) is 14.5 Å². The van der Waals surface area contributed by atoms with Crippen LogP contribution in [-0.2, 0) is 26.0 Å². The summed E-state index contributed by atoms with van der Waals surface area (Å²) in [6.45, 7) is 0.515. The molecule has 0 spiro atoms. The number of Topliss-reactive ketones (excluding diaryl/α,β-unsaturated/α-hetero) is 1. The van der Waals surface area contributed by atoms with Crippen LogP contribution in [0.4, 0.5) is 11.4 Å². The second-order valence-corrected chi connectivity index (χ2v) is 11.5. The Kier molecular flexibility index (Phi) is 8.81. The molecule has 39 heavy (non-hydrogen) atoms. The quantitative estimate of drug-likeness (QED) is 0.308. The molecule has 1 aliphatic heterocycles. The zero-order valence-electron chi connectivity index (χ0n) is 20.9. The largest absolute Gasteiger partial charge is 0.474 e. The molecular weight excluding hydrogens is 544 g/mol. The maximum Gasteiger partial charge on any atom is 0.395 e. The molecule has 1 aliphatic rings. The van der Waals surface area contributed by atoms with Crippen molar-refractivity contribution in [3.05, 3.63) is 88.9 Å². The van der Waals surface area contributed by atoms with E-state index in [1.165, 1.54) is 34.6 Å². The number of nitrogens with zero attached hydrogens (tertiary/aromatic N) is 2.